The van der Waals surface area contributed by atoms with E-state index >= 15 is 0 Å². The molecule has 3 N–H and O–H groups in total. The molecule has 2 aromatic rings. The maximum Gasteiger partial charge on any atom is 0.169 e. The SMILES string of the molecule is Nc1ccc(F)cc1C(O)c1ccc(Br)o1. The molecule has 0 aliphatic carbocycles. The van der Waals surface area contributed by atoms with E-state index in [0.29, 0.717) is 21.7 Å². The van der Waals surface area contributed by atoms with Gasteiger partial charge in [-0.3, -0.25) is 0 Å². The highest BCUT2D eigenvalue weighted by Crippen LogP contribution is 2.29. The summed E-state index contributed by atoms with van der Waals surface area (Å²) in [7, 11) is 0. The van der Waals surface area contributed by atoms with Gasteiger partial charge >= 0.3 is 0 Å². The Morgan fingerprint density at radius 3 is 2.69 bits per heavy atom. The molecule has 0 saturated heterocycles. The van der Waals surface area contributed by atoms with Crippen LogP contribution in [0.2, 0.25) is 0 Å². The van der Waals surface area contributed by atoms with Crippen molar-refractivity contribution in [2.24, 2.45) is 0 Å². The van der Waals surface area contributed by atoms with E-state index in [0.717, 1.165) is 0 Å². The van der Waals surface area contributed by atoms with Gasteiger partial charge in [-0.1, -0.05) is 0 Å². The first-order chi connectivity index (χ1) is 7.58. The molecule has 0 radical (unpaired) electrons. The number of benzene rings is 1. The lowest BCUT2D eigenvalue weighted by Gasteiger charge is -2.10. The molecule has 1 heterocycles. The van der Waals surface area contributed by atoms with Crippen molar-refractivity contribution in [3.05, 3.63) is 52.1 Å². The molecule has 84 valence electrons. The lowest BCUT2D eigenvalue weighted by atomic mass is 10.1. The Hall–Kier alpha value is -1.33. The molecule has 0 fully saturated rings. The Morgan fingerprint density at radius 2 is 2.06 bits per heavy atom. The van der Waals surface area contributed by atoms with Gasteiger partial charge in [0.25, 0.3) is 0 Å². The molecule has 1 aromatic heterocycles. The molecular weight excluding hydrogens is 277 g/mol. The number of nitrogen functional groups attached to an aromatic ring is 1. The van der Waals surface area contributed by atoms with Gasteiger partial charge in [-0.15, -0.1) is 0 Å². The Morgan fingerprint density at radius 1 is 1.31 bits per heavy atom. The molecule has 2 rings (SSSR count). The van der Waals surface area contributed by atoms with Gasteiger partial charge in [0, 0.05) is 11.3 Å². The smallest absolute Gasteiger partial charge is 0.169 e. The molecule has 0 bridgehead atoms. The van der Waals surface area contributed by atoms with E-state index in [-0.39, 0.29) is 0 Å². The maximum atomic E-state index is 13.0. The fraction of sp³-hybridized carbons (Fsp3) is 0.0909. The van der Waals surface area contributed by atoms with Crippen molar-refractivity contribution >= 4 is 21.6 Å². The minimum absolute atomic E-state index is 0.293. The van der Waals surface area contributed by atoms with Crippen molar-refractivity contribution in [3.8, 4) is 0 Å². The van der Waals surface area contributed by atoms with Crippen LogP contribution >= 0.6 is 15.9 Å². The average Bonchev–Trinajstić information content (AvgIpc) is 2.67. The van der Waals surface area contributed by atoms with Gasteiger partial charge in [0.2, 0.25) is 0 Å². The second kappa shape index (κ2) is 4.27. The van der Waals surface area contributed by atoms with Crippen LogP contribution in [0.5, 0.6) is 0 Å². The standard InChI is InChI=1S/C11H9BrFNO2/c12-10-4-3-9(16-10)11(15)7-5-6(13)1-2-8(7)14/h1-5,11,15H,14H2. The summed E-state index contributed by atoms with van der Waals surface area (Å²) >= 11 is 3.12. The summed E-state index contributed by atoms with van der Waals surface area (Å²) in [6, 6.07) is 7.08. The van der Waals surface area contributed by atoms with Crippen LogP contribution in [0.4, 0.5) is 10.1 Å². The summed E-state index contributed by atoms with van der Waals surface area (Å²) in [6.07, 6.45) is -1.07. The number of anilines is 1. The summed E-state index contributed by atoms with van der Waals surface area (Å²) in [5.74, 6) is -0.141. The van der Waals surface area contributed by atoms with Crippen LogP contribution in [0.15, 0.2) is 39.4 Å². The van der Waals surface area contributed by atoms with Gasteiger partial charge in [0.1, 0.15) is 17.7 Å². The zero-order chi connectivity index (χ0) is 11.7. The molecule has 5 heteroatoms. The number of hydrogen-bond acceptors (Lipinski definition) is 3. The van der Waals surface area contributed by atoms with E-state index in [1.165, 1.54) is 18.2 Å². The highest BCUT2D eigenvalue weighted by atomic mass is 79.9. The van der Waals surface area contributed by atoms with Crippen LogP contribution in [0, 0.1) is 5.82 Å². The zero-order valence-corrected chi connectivity index (χ0v) is 9.74. The number of nitrogens with two attached hydrogens (primary N) is 1. The predicted molar refractivity (Wildman–Crippen MR) is 61.3 cm³/mol. The van der Waals surface area contributed by atoms with Crippen LogP contribution in [0.1, 0.15) is 17.4 Å². The number of aliphatic hydroxyl groups is 1. The number of hydrogen-bond donors (Lipinski definition) is 2. The van der Waals surface area contributed by atoms with Crippen LogP contribution in [-0.4, -0.2) is 5.11 Å². The molecule has 1 unspecified atom stereocenters. The number of furan rings is 1. The number of rotatable bonds is 2. The number of aliphatic hydroxyl groups excluding tert-OH is 1. The molecule has 0 amide bonds. The molecular formula is C11H9BrFNO2. The Balaban J connectivity index is 2.40. The molecule has 3 nitrogen and oxygen atoms in total. The third-order valence-electron chi connectivity index (χ3n) is 2.21. The van der Waals surface area contributed by atoms with E-state index in [1.807, 2.05) is 0 Å². The van der Waals surface area contributed by atoms with Crippen LogP contribution in [0.3, 0.4) is 0 Å². The molecule has 0 saturated carbocycles. The normalized spacial score (nSPS) is 12.7. The summed E-state index contributed by atoms with van der Waals surface area (Å²) in [6.45, 7) is 0. The largest absolute Gasteiger partial charge is 0.451 e. The maximum absolute atomic E-state index is 13.0. The van der Waals surface area contributed by atoms with Crippen LogP contribution in [0.25, 0.3) is 0 Å². The molecule has 16 heavy (non-hydrogen) atoms. The average molecular weight is 286 g/mol. The topological polar surface area (TPSA) is 59.4 Å². The molecule has 0 aliphatic rings. The van der Waals surface area contributed by atoms with E-state index in [4.69, 9.17) is 10.2 Å². The Labute approximate surface area is 99.8 Å². The number of halogens is 2. The molecule has 1 atom stereocenters. The summed E-state index contributed by atoms with van der Waals surface area (Å²) in [4.78, 5) is 0. The Bertz CT molecular complexity index is 512. The summed E-state index contributed by atoms with van der Waals surface area (Å²) in [5.41, 5.74) is 6.27. The van der Waals surface area contributed by atoms with Gasteiger partial charge in [-0.25, -0.2) is 4.39 Å². The van der Waals surface area contributed by atoms with E-state index in [2.05, 4.69) is 15.9 Å². The lowest BCUT2D eigenvalue weighted by Crippen LogP contribution is -2.03. The van der Waals surface area contributed by atoms with Gasteiger partial charge in [-0.05, 0) is 46.3 Å². The first kappa shape index (κ1) is 11.2. The van der Waals surface area contributed by atoms with Crippen LogP contribution < -0.4 is 5.73 Å². The second-order valence-corrected chi connectivity index (χ2v) is 4.10. The monoisotopic (exact) mass is 285 g/mol. The predicted octanol–water partition coefficient (Wildman–Crippen LogP) is 2.85. The first-order valence-corrected chi connectivity index (χ1v) is 5.35. The van der Waals surface area contributed by atoms with Crippen molar-refractivity contribution in [2.45, 2.75) is 6.10 Å². The molecule has 0 aliphatic heterocycles. The highest BCUT2D eigenvalue weighted by molar-refractivity contribution is 9.10. The van der Waals surface area contributed by atoms with E-state index in [1.54, 1.807) is 12.1 Å². The lowest BCUT2D eigenvalue weighted by molar-refractivity contribution is 0.188. The fourth-order valence-corrected chi connectivity index (χ4v) is 1.73. The molecule has 1 aromatic carbocycles. The highest BCUT2D eigenvalue weighted by Gasteiger charge is 2.17. The minimum atomic E-state index is -1.07. The third-order valence-corrected chi connectivity index (χ3v) is 2.63. The second-order valence-electron chi connectivity index (χ2n) is 3.32. The first-order valence-electron chi connectivity index (χ1n) is 4.56. The van der Waals surface area contributed by atoms with Crippen molar-refractivity contribution < 1.29 is 13.9 Å². The Kier molecular flexibility index (Phi) is 2.98. The van der Waals surface area contributed by atoms with E-state index < -0.39 is 11.9 Å². The zero-order valence-electron chi connectivity index (χ0n) is 8.15. The minimum Gasteiger partial charge on any atom is -0.451 e. The molecule has 0 spiro atoms. The van der Waals surface area contributed by atoms with Gasteiger partial charge in [0.15, 0.2) is 4.67 Å². The summed E-state index contributed by atoms with van der Waals surface area (Å²) in [5, 5.41) is 9.95. The van der Waals surface area contributed by atoms with Gasteiger partial charge in [0.05, 0.1) is 0 Å². The van der Waals surface area contributed by atoms with Crippen LogP contribution in [-0.2, 0) is 0 Å². The van der Waals surface area contributed by atoms with Gasteiger partial charge in [-0.2, -0.15) is 0 Å². The van der Waals surface area contributed by atoms with Crippen molar-refractivity contribution in [1.82, 2.24) is 0 Å². The van der Waals surface area contributed by atoms with Gasteiger partial charge < -0.3 is 15.3 Å². The summed E-state index contributed by atoms with van der Waals surface area (Å²) < 4.78 is 18.7. The third kappa shape index (κ3) is 2.10. The van der Waals surface area contributed by atoms with Crippen molar-refractivity contribution in [2.75, 3.05) is 5.73 Å². The van der Waals surface area contributed by atoms with Crippen molar-refractivity contribution in [1.29, 1.82) is 0 Å². The quantitative estimate of drug-likeness (QED) is 0.834. The van der Waals surface area contributed by atoms with Crippen molar-refractivity contribution in [3.63, 3.8) is 0 Å². The fourth-order valence-electron chi connectivity index (χ4n) is 1.41. The van der Waals surface area contributed by atoms with E-state index in [9.17, 15) is 9.50 Å².